The third-order valence-electron chi connectivity index (χ3n) is 5.22. The Balaban J connectivity index is 1.42. The van der Waals surface area contributed by atoms with Gasteiger partial charge in [0.15, 0.2) is 0 Å². The molecule has 1 saturated carbocycles. The van der Waals surface area contributed by atoms with Crippen LogP contribution in [0.1, 0.15) is 45.4 Å². The van der Waals surface area contributed by atoms with Crippen LogP contribution in [0.3, 0.4) is 0 Å². The molecule has 5 heteroatoms. The highest BCUT2D eigenvalue weighted by Crippen LogP contribution is 2.30. The van der Waals surface area contributed by atoms with E-state index in [0.717, 1.165) is 37.6 Å². The molecular weight excluding hydrogens is 282 g/mol. The predicted molar refractivity (Wildman–Crippen MR) is 88.9 cm³/mol. The van der Waals surface area contributed by atoms with E-state index in [0.29, 0.717) is 12.1 Å². The Morgan fingerprint density at radius 2 is 2.00 bits per heavy atom. The Kier molecular flexibility index (Phi) is 5.33. The molecule has 3 rings (SSSR count). The minimum absolute atomic E-state index is 0.184. The molecule has 2 amide bonds. The van der Waals surface area contributed by atoms with Gasteiger partial charge in [-0.25, -0.2) is 4.79 Å². The highest BCUT2D eigenvalue weighted by atomic mass is 32.2. The number of hydrogen-bond acceptors (Lipinski definition) is 3. The van der Waals surface area contributed by atoms with Crippen LogP contribution in [-0.2, 0) is 0 Å². The summed E-state index contributed by atoms with van der Waals surface area (Å²) in [6.07, 6.45) is 7.41. The summed E-state index contributed by atoms with van der Waals surface area (Å²) in [5.74, 6) is 1.19. The molecule has 0 spiro atoms. The standard InChI is InChI=1S/C16H29N3OS/c1-2-21-15-6-5-13(11-15)17-16(20)19-10-7-14(12-19)18-8-3-4-9-18/h13-15H,2-12H2,1H3,(H,17,20)/t13-,14-,15+/m0/s1. The number of rotatable bonds is 4. The average Bonchev–Trinajstić information content (AvgIpc) is 3.20. The maximum atomic E-state index is 12.4. The van der Waals surface area contributed by atoms with Crippen LogP contribution in [0.25, 0.3) is 0 Å². The van der Waals surface area contributed by atoms with Crippen molar-refractivity contribution in [1.82, 2.24) is 15.1 Å². The SMILES string of the molecule is CCS[C@@H]1CC[C@H](NC(=O)N2CC[C@H](N3CCCC3)C2)C1. The van der Waals surface area contributed by atoms with E-state index >= 15 is 0 Å². The first kappa shape index (κ1) is 15.5. The molecule has 3 aliphatic rings. The van der Waals surface area contributed by atoms with E-state index in [-0.39, 0.29) is 6.03 Å². The van der Waals surface area contributed by atoms with Gasteiger partial charge >= 0.3 is 6.03 Å². The Morgan fingerprint density at radius 3 is 2.76 bits per heavy atom. The van der Waals surface area contributed by atoms with Crippen LogP contribution in [-0.4, -0.2) is 65.1 Å². The zero-order chi connectivity index (χ0) is 14.7. The molecule has 0 unspecified atom stereocenters. The molecule has 0 radical (unpaired) electrons. The van der Waals surface area contributed by atoms with Crippen LogP contribution in [0.2, 0.25) is 0 Å². The minimum atomic E-state index is 0.184. The predicted octanol–water partition coefficient (Wildman–Crippen LogP) is 2.54. The molecule has 2 heterocycles. The van der Waals surface area contributed by atoms with Crippen LogP contribution in [0.15, 0.2) is 0 Å². The number of nitrogens with one attached hydrogen (secondary N) is 1. The van der Waals surface area contributed by atoms with Crippen LogP contribution in [0.5, 0.6) is 0 Å². The van der Waals surface area contributed by atoms with Gasteiger partial charge in [-0.05, 0) is 57.4 Å². The van der Waals surface area contributed by atoms with E-state index in [9.17, 15) is 4.79 Å². The van der Waals surface area contributed by atoms with Gasteiger partial charge in [0.05, 0.1) is 0 Å². The first-order valence-electron chi connectivity index (χ1n) is 8.67. The van der Waals surface area contributed by atoms with Crippen molar-refractivity contribution in [3.8, 4) is 0 Å². The average molecular weight is 311 g/mol. The molecule has 2 saturated heterocycles. The van der Waals surface area contributed by atoms with Crippen LogP contribution in [0, 0.1) is 0 Å². The lowest BCUT2D eigenvalue weighted by atomic mass is 10.2. The Hall–Kier alpha value is -0.420. The second-order valence-corrected chi connectivity index (χ2v) is 8.25. The quantitative estimate of drug-likeness (QED) is 0.866. The van der Waals surface area contributed by atoms with E-state index in [1.807, 2.05) is 16.7 Å². The normalized spacial score (nSPS) is 33.8. The molecule has 1 aliphatic carbocycles. The van der Waals surface area contributed by atoms with E-state index in [4.69, 9.17) is 0 Å². The molecular formula is C16H29N3OS. The Labute approximate surface area is 133 Å². The van der Waals surface area contributed by atoms with E-state index in [1.54, 1.807) is 0 Å². The summed E-state index contributed by atoms with van der Waals surface area (Å²) >= 11 is 2.05. The van der Waals surface area contributed by atoms with Gasteiger partial charge in [-0.15, -0.1) is 0 Å². The van der Waals surface area contributed by atoms with E-state index in [2.05, 4.69) is 17.1 Å². The molecule has 4 nitrogen and oxygen atoms in total. The van der Waals surface area contributed by atoms with Crippen molar-refractivity contribution < 1.29 is 4.79 Å². The number of nitrogens with zero attached hydrogens (tertiary/aromatic N) is 2. The summed E-state index contributed by atoms with van der Waals surface area (Å²) in [5.41, 5.74) is 0. The van der Waals surface area contributed by atoms with Gasteiger partial charge in [0.1, 0.15) is 0 Å². The van der Waals surface area contributed by atoms with Gasteiger partial charge in [-0.1, -0.05) is 6.92 Å². The fraction of sp³-hybridized carbons (Fsp3) is 0.938. The summed E-state index contributed by atoms with van der Waals surface area (Å²) < 4.78 is 0. The van der Waals surface area contributed by atoms with Crippen LogP contribution >= 0.6 is 11.8 Å². The molecule has 0 aromatic rings. The lowest BCUT2D eigenvalue weighted by Crippen LogP contribution is -2.44. The highest BCUT2D eigenvalue weighted by Gasteiger charge is 2.33. The Morgan fingerprint density at radius 1 is 1.19 bits per heavy atom. The van der Waals surface area contributed by atoms with Gasteiger partial charge < -0.3 is 10.2 Å². The third kappa shape index (κ3) is 3.86. The van der Waals surface area contributed by atoms with Crippen molar-refractivity contribution in [2.24, 2.45) is 0 Å². The fourth-order valence-corrected chi connectivity index (χ4v) is 5.20. The number of carbonyl (C=O) groups excluding carboxylic acids is 1. The molecule has 21 heavy (non-hydrogen) atoms. The fourth-order valence-electron chi connectivity index (χ4n) is 4.06. The molecule has 3 atom stereocenters. The van der Waals surface area contributed by atoms with E-state index in [1.165, 1.54) is 38.1 Å². The number of carbonyl (C=O) groups is 1. The highest BCUT2D eigenvalue weighted by molar-refractivity contribution is 7.99. The molecule has 120 valence electrons. The molecule has 0 bridgehead atoms. The van der Waals surface area contributed by atoms with Crippen molar-refractivity contribution >= 4 is 17.8 Å². The van der Waals surface area contributed by atoms with Crippen LogP contribution < -0.4 is 5.32 Å². The maximum absolute atomic E-state index is 12.4. The number of amides is 2. The van der Waals surface area contributed by atoms with E-state index < -0.39 is 0 Å². The van der Waals surface area contributed by atoms with Gasteiger partial charge in [0.2, 0.25) is 0 Å². The van der Waals surface area contributed by atoms with Crippen molar-refractivity contribution in [3.05, 3.63) is 0 Å². The largest absolute Gasteiger partial charge is 0.335 e. The zero-order valence-electron chi connectivity index (χ0n) is 13.2. The Bertz CT molecular complexity index is 359. The minimum Gasteiger partial charge on any atom is -0.335 e. The smallest absolute Gasteiger partial charge is 0.317 e. The second-order valence-electron chi connectivity index (χ2n) is 6.67. The maximum Gasteiger partial charge on any atom is 0.317 e. The van der Waals surface area contributed by atoms with Crippen molar-refractivity contribution in [2.45, 2.75) is 62.8 Å². The molecule has 0 aromatic heterocycles. The number of hydrogen-bond donors (Lipinski definition) is 1. The van der Waals surface area contributed by atoms with Gasteiger partial charge in [0.25, 0.3) is 0 Å². The van der Waals surface area contributed by atoms with Gasteiger partial charge in [-0.2, -0.15) is 11.8 Å². The lowest BCUT2D eigenvalue weighted by molar-refractivity contribution is 0.195. The molecule has 2 aliphatic heterocycles. The number of thioether (sulfide) groups is 1. The van der Waals surface area contributed by atoms with Gasteiger partial charge in [-0.3, -0.25) is 4.90 Å². The topological polar surface area (TPSA) is 35.6 Å². The molecule has 3 fully saturated rings. The zero-order valence-corrected chi connectivity index (χ0v) is 14.0. The summed E-state index contributed by atoms with van der Waals surface area (Å²) in [6.45, 7) is 6.56. The summed E-state index contributed by atoms with van der Waals surface area (Å²) in [7, 11) is 0. The van der Waals surface area contributed by atoms with Crippen molar-refractivity contribution in [2.75, 3.05) is 31.9 Å². The number of urea groups is 1. The summed E-state index contributed by atoms with van der Waals surface area (Å²) in [4.78, 5) is 17.0. The van der Waals surface area contributed by atoms with Crippen molar-refractivity contribution in [1.29, 1.82) is 0 Å². The monoisotopic (exact) mass is 311 g/mol. The third-order valence-corrected chi connectivity index (χ3v) is 6.46. The second kappa shape index (κ2) is 7.23. The first-order valence-corrected chi connectivity index (χ1v) is 9.72. The first-order chi connectivity index (χ1) is 10.3. The summed E-state index contributed by atoms with van der Waals surface area (Å²) in [5, 5.41) is 4.04. The van der Waals surface area contributed by atoms with Crippen LogP contribution in [0.4, 0.5) is 4.79 Å². The lowest BCUT2D eigenvalue weighted by Gasteiger charge is -2.24. The summed E-state index contributed by atoms with van der Waals surface area (Å²) in [6, 6.07) is 1.21. The number of likely N-dealkylation sites (tertiary alicyclic amines) is 2. The molecule has 0 aromatic carbocycles. The van der Waals surface area contributed by atoms with Crippen molar-refractivity contribution in [3.63, 3.8) is 0 Å². The molecule has 1 N–H and O–H groups in total. The van der Waals surface area contributed by atoms with Gasteiger partial charge in [0, 0.05) is 30.4 Å².